The Morgan fingerprint density at radius 3 is 2.50 bits per heavy atom. The van der Waals surface area contributed by atoms with Gasteiger partial charge in [-0.15, -0.1) is 0 Å². The summed E-state index contributed by atoms with van der Waals surface area (Å²) in [7, 11) is 0. The lowest BCUT2D eigenvalue weighted by Crippen LogP contribution is -2.46. The van der Waals surface area contributed by atoms with Gasteiger partial charge in [-0.1, -0.05) is 29.3 Å². The summed E-state index contributed by atoms with van der Waals surface area (Å²) in [6.45, 7) is 2.92. The molecule has 5 nitrogen and oxygen atoms in total. The average Bonchev–Trinajstić information content (AvgIpc) is 2.47. The van der Waals surface area contributed by atoms with E-state index in [0.29, 0.717) is 36.0 Å². The third kappa shape index (κ3) is 4.05. The molecule has 3 amide bonds. The van der Waals surface area contributed by atoms with Crippen LogP contribution in [0.5, 0.6) is 0 Å². The van der Waals surface area contributed by atoms with Crippen LogP contribution < -0.4 is 11.1 Å². The highest BCUT2D eigenvalue weighted by Crippen LogP contribution is 2.26. The largest absolute Gasteiger partial charge is 0.369 e. The molecule has 3 N–H and O–H groups in total. The second-order valence-electron chi connectivity index (χ2n) is 5.50. The van der Waals surface area contributed by atoms with Crippen molar-refractivity contribution in [3.05, 3.63) is 33.8 Å². The lowest BCUT2D eigenvalue weighted by Gasteiger charge is -2.31. The fourth-order valence-corrected chi connectivity index (χ4v) is 3.15. The van der Waals surface area contributed by atoms with Crippen molar-refractivity contribution < 1.29 is 9.59 Å². The number of nitrogens with zero attached hydrogens (tertiary/aromatic N) is 1. The van der Waals surface area contributed by atoms with Crippen molar-refractivity contribution in [2.24, 2.45) is 11.7 Å². The molecule has 7 heteroatoms. The molecule has 1 fully saturated rings. The van der Waals surface area contributed by atoms with Gasteiger partial charge in [0.25, 0.3) is 0 Å². The molecular formula is C15H19Cl2N3O2. The zero-order valence-corrected chi connectivity index (χ0v) is 13.8. The van der Waals surface area contributed by atoms with Crippen molar-refractivity contribution in [1.82, 2.24) is 10.2 Å². The van der Waals surface area contributed by atoms with Gasteiger partial charge in [0.15, 0.2) is 0 Å². The average molecular weight is 344 g/mol. The van der Waals surface area contributed by atoms with Gasteiger partial charge in [-0.3, -0.25) is 4.79 Å². The minimum absolute atomic E-state index is 0.132. The maximum absolute atomic E-state index is 12.3. The SMILES string of the molecule is C[C@@H](NC(=O)N1CCC(C(N)=O)CC1)c1ccc(Cl)cc1Cl. The summed E-state index contributed by atoms with van der Waals surface area (Å²) in [5.41, 5.74) is 6.10. The van der Waals surface area contributed by atoms with Crippen LogP contribution in [0.25, 0.3) is 0 Å². The number of hydrogen-bond acceptors (Lipinski definition) is 2. The predicted octanol–water partition coefficient (Wildman–Crippen LogP) is 2.96. The molecular weight excluding hydrogens is 325 g/mol. The first-order chi connectivity index (χ1) is 10.4. The minimum atomic E-state index is -0.290. The van der Waals surface area contributed by atoms with Crippen molar-refractivity contribution in [1.29, 1.82) is 0 Å². The highest BCUT2D eigenvalue weighted by molar-refractivity contribution is 6.35. The van der Waals surface area contributed by atoms with Crippen molar-refractivity contribution in [3.63, 3.8) is 0 Å². The van der Waals surface area contributed by atoms with E-state index in [0.717, 1.165) is 5.56 Å². The predicted molar refractivity (Wildman–Crippen MR) is 86.9 cm³/mol. The van der Waals surface area contributed by atoms with E-state index >= 15 is 0 Å². The lowest BCUT2D eigenvalue weighted by molar-refractivity contribution is -0.123. The van der Waals surface area contributed by atoms with Gasteiger partial charge in [0.1, 0.15) is 0 Å². The number of carbonyl (C=O) groups excluding carboxylic acids is 2. The summed E-state index contributed by atoms with van der Waals surface area (Å²) >= 11 is 12.0. The number of amides is 3. The van der Waals surface area contributed by atoms with E-state index in [9.17, 15) is 9.59 Å². The molecule has 1 heterocycles. The number of rotatable bonds is 3. The molecule has 0 aliphatic carbocycles. The van der Waals surface area contributed by atoms with E-state index in [1.807, 2.05) is 6.92 Å². The Hall–Kier alpha value is -1.46. The number of benzene rings is 1. The Morgan fingerprint density at radius 1 is 1.32 bits per heavy atom. The quantitative estimate of drug-likeness (QED) is 0.885. The number of carbonyl (C=O) groups is 2. The molecule has 0 saturated carbocycles. The molecule has 0 aromatic heterocycles. The topological polar surface area (TPSA) is 75.4 Å². The van der Waals surface area contributed by atoms with E-state index in [-0.39, 0.29) is 23.9 Å². The summed E-state index contributed by atoms with van der Waals surface area (Å²) in [5.74, 6) is -0.423. The Labute approximate surface area is 139 Å². The monoisotopic (exact) mass is 343 g/mol. The van der Waals surface area contributed by atoms with Gasteiger partial charge < -0.3 is 16.0 Å². The molecule has 0 radical (unpaired) electrons. The zero-order chi connectivity index (χ0) is 16.3. The number of nitrogens with two attached hydrogens (primary N) is 1. The van der Waals surface area contributed by atoms with Crippen molar-refractivity contribution in [3.8, 4) is 0 Å². The first kappa shape index (κ1) is 16.9. The smallest absolute Gasteiger partial charge is 0.317 e. The van der Waals surface area contributed by atoms with Gasteiger partial charge in [0.2, 0.25) is 5.91 Å². The molecule has 0 spiro atoms. The van der Waals surface area contributed by atoms with Gasteiger partial charge in [-0.25, -0.2) is 4.79 Å². The first-order valence-electron chi connectivity index (χ1n) is 7.18. The fraction of sp³-hybridized carbons (Fsp3) is 0.467. The zero-order valence-electron chi connectivity index (χ0n) is 12.3. The van der Waals surface area contributed by atoms with E-state index in [2.05, 4.69) is 5.32 Å². The van der Waals surface area contributed by atoms with Crippen LogP contribution in [0.4, 0.5) is 4.79 Å². The number of likely N-dealkylation sites (tertiary alicyclic amines) is 1. The lowest BCUT2D eigenvalue weighted by atomic mass is 9.96. The van der Waals surface area contributed by atoms with Crippen LogP contribution in [-0.4, -0.2) is 29.9 Å². The van der Waals surface area contributed by atoms with Crippen molar-refractivity contribution in [2.75, 3.05) is 13.1 Å². The van der Waals surface area contributed by atoms with Gasteiger partial charge in [0, 0.05) is 29.1 Å². The van der Waals surface area contributed by atoms with E-state index in [1.54, 1.807) is 23.1 Å². The standard InChI is InChI=1S/C15H19Cl2N3O2/c1-9(12-3-2-11(16)8-13(12)17)19-15(22)20-6-4-10(5-7-20)14(18)21/h2-3,8-10H,4-7H2,1H3,(H2,18,21)(H,19,22)/t9-/m1/s1. The van der Waals surface area contributed by atoms with Gasteiger partial charge in [0.05, 0.1) is 6.04 Å². The van der Waals surface area contributed by atoms with Gasteiger partial charge >= 0.3 is 6.03 Å². The number of piperidine rings is 1. The van der Waals surface area contributed by atoms with Crippen LogP contribution in [0.15, 0.2) is 18.2 Å². The highest BCUT2D eigenvalue weighted by atomic mass is 35.5. The molecule has 1 aromatic rings. The molecule has 1 saturated heterocycles. The number of nitrogens with one attached hydrogen (secondary N) is 1. The molecule has 22 heavy (non-hydrogen) atoms. The minimum Gasteiger partial charge on any atom is -0.369 e. The van der Waals surface area contributed by atoms with E-state index in [1.165, 1.54) is 0 Å². The second kappa shape index (κ2) is 7.20. The Bertz CT molecular complexity index is 572. The summed E-state index contributed by atoms with van der Waals surface area (Å²) in [6, 6.07) is 4.80. The van der Waals surface area contributed by atoms with E-state index < -0.39 is 0 Å². The summed E-state index contributed by atoms with van der Waals surface area (Å²) in [6.07, 6.45) is 1.22. The summed E-state index contributed by atoms with van der Waals surface area (Å²) in [5, 5.41) is 3.99. The second-order valence-corrected chi connectivity index (χ2v) is 6.34. The molecule has 1 aromatic carbocycles. The van der Waals surface area contributed by atoms with Crippen LogP contribution in [-0.2, 0) is 4.79 Å². The number of halogens is 2. The fourth-order valence-electron chi connectivity index (χ4n) is 2.57. The molecule has 120 valence electrons. The summed E-state index contributed by atoms with van der Waals surface area (Å²) in [4.78, 5) is 25.1. The maximum Gasteiger partial charge on any atom is 0.317 e. The van der Waals surface area contributed by atoms with Crippen molar-refractivity contribution in [2.45, 2.75) is 25.8 Å². The molecule has 0 unspecified atom stereocenters. The van der Waals surface area contributed by atoms with Crippen LogP contribution in [0.2, 0.25) is 10.0 Å². The summed E-state index contributed by atoms with van der Waals surface area (Å²) < 4.78 is 0. The first-order valence-corrected chi connectivity index (χ1v) is 7.93. The van der Waals surface area contributed by atoms with Gasteiger partial charge in [-0.2, -0.15) is 0 Å². The maximum atomic E-state index is 12.3. The highest BCUT2D eigenvalue weighted by Gasteiger charge is 2.26. The van der Waals surface area contributed by atoms with E-state index in [4.69, 9.17) is 28.9 Å². The molecule has 2 rings (SSSR count). The number of urea groups is 1. The van der Waals surface area contributed by atoms with Gasteiger partial charge in [-0.05, 0) is 37.5 Å². The third-order valence-electron chi connectivity index (χ3n) is 3.95. The third-order valence-corrected chi connectivity index (χ3v) is 4.52. The van der Waals surface area contributed by atoms with Crippen LogP contribution >= 0.6 is 23.2 Å². The number of hydrogen-bond donors (Lipinski definition) is 2. The van der Waals surface area contributed by atoms with Crippen LogP contribution in [0.1, 0.15) is 31.4 Å². The number of primary amides is 1. The normalized spacial score (nSPS) is 17.1. The Kier molecular flexibility index (Phi) is 5.53. The Balaban J connectivity index is 1.93. The van der Waals surface area contributed by atoms with Crippen molar-refractivity contribution >= 4 is 35.1 Å². The Morgan fingerprint density at radius 2 is 1.95 bits per heavy atom. The molecule has 0 bridgehead atoms. The molecule has 1 aliphatic rings. The van der Waals surface area contributed by atoms with Crippen LogP contribution in [0.3, 0.4) is 0 Å². The van der Waals surface area contributed by atoms with Crippen LogP contribution in [0, 0.1) is 5.92 Å². The molecule has 1 aliphatic heterocycles. The molecule has 1 atom stereocenters.